The average Bonchev–Trinajstić information content (AvgIpc) is 3.14. The highest BCUT2D eigenvalue weighted by molar-refractivity contribution is 5.79. The van der Waals surface area contributed by atoms with Crippen LogP contribution in [-0.2, 0) is 4.74 Å². The Morgan fingerprint density at radius 3 is 2.73 bits per heavy atom. The first-order valence-corrected chi connectivity index (χ1v) is 10.6. The first kappa shape index (κ1) is 21.5. The minimum absolute atomic E-state index is 0.208. The molecular weight excluding hydrogens is 326 g/mol. The number of guanidine groups is 1. The van der Waals surface area contributed by atoms with E-state index in [4.69, 9.17) is 9.73 Å². The largest absolute Gasteiger partial charge is 0.374 e. The highest BCUT2D eigenvalue weighted by atomic mass is 16.5. The molecule has 2 N–H and O–H groups in total. The van der Waals surface area contributed by atoms with Crippen LogP contribution in [0.2, 0.25) is 0 Å². The van der Waals surface area contributed by atoms with Crippen LogP contribution in [0.1, 0.15) is 46.5 Å². The number of likely N-dealkylation sites (N-methyl/N-ethyl adjacent to an activating group) is 1. The van der Waals surface area contributed by atoms with Crippen LogP contribution in [0.3, 0.4) is 0 Å². The number of rotatable bonds is 9. The zero-order valence-corrected chi connectivity index (χ0v) is 17.5. The second-order valence-corrected chi connectivity index (χ2v) is 8.21. The van der Waals surface area contributed by atoms with Crippen molar-refractivity contribution in [3.05, 3.63) is 0 Å². The van der Waals surface area contributed by atoms with E-state index in [0.717, 1.165) is 64.4 Å². The lowest BCUT2D eigenvalue weighted by atomic mass is 10.2. The molecule has 0 amide bonds. The molecule has 1 saturated heterocycles. The van der Waals surface area contributed by atoms with Gasteiger partial charge in [0, 0.05) is 45.3 Å². The molecule has 152 valence electrons. The van der Waals surface area contributed by atoms with Gasteiger partial charge in [-0.3, -0.25) is 9.89 Å². The third-order valence-corrected chi connectivity index (χ3v) is 5.35. The van der Waals surface area contributed by atoms with Gasteiger partial charge in [-0.05, 0) is 32.7 Å². The molecule has 6 nitrogen and oxygen atoms in total. The fourth-order valence-electron chi connectivity index (χ4n) is 3.99. The average molecular weight is 368 g/mol. The molecule has 0 bridgehead atoms. The Labute approximate surface area is 160 Å². The second-order valence-electron chi connectivity index (χ2n) is 8.21. The third-order valence-electron chi connectivity index (χ3n) is 5.35. The van der Waals surface area contributed by atoms with E-state index < -0.39 is 0 Å². The predicted octanol–water partition coefficient (Wildman–Crippen LogP) is 1.77. The Hall–Kier alpha value is -0.850. The highest BCUT2D eigenvalue weighted by Gasteiger charge is 2.21. The smallest absolute Gasteiger partial charge is 0.191 e. The number of nitrogens with zero attached hydrogens (tertiary/aromatic N) is 3. The van der Waals surface area contributed by atoms with Crippen molar-refractivity contribution in [2.24, 2.45) is 10.9 Å². The number of nitrogens with one attached hydrogen (secondary N) is 2. The first-order chi connectivity index (χ1) is 12.6. The Kier molecular flexibility index (Phi) is 9.72. The van der Waals surface area contributed by atoms with Crippen molar-refractivity contribution in [1.29, 1.82) is 0 Å². The molecule has 26 heavy (non-hydrogen) atoms. The summed E-state index contributed by atoms with van der Waals surface area (Å²) in [5.41, 5.74) is 0. The molecular formula is C20H41N5O. The van der Waals surface area contributed by atoms with Crippen molar-refractivity contribution in [1.82, 2.24) is 20.4 Å². The van der Waals surface area contributed by atoms with E-state index in [1.807, 2.05) is 0 Å². The molecule has 2 aliphatic rings. The van der Waals surface area contributed by atoms with Gasteiger partial charge in [0.2, 0.25) is 0 Å². The fraction of sp³-hybridized carbons (Fsp3) is 0.950. The molecule has 6 heteroatoms. The molecule has 1 saturated carbocycles. The predicted molar refractivity (Wildman–Crippen MR) is 110 cm³/mol. The quantitative estimate of drug-likeness (QED) is 0.481. The van der Waals surface area contributed by atoms with E-state index in [2.05, 4.69) is 48.3 Å². The van der Waals surface area contributed by atoms with Crippen molar-refractivity contribution >= 4 is 5.96 Å². The van der Waals surface area contributed by atoms with Crippen LogP contribution < -0.4 is 10.6 Å². The third kappa shape index (κ3) is 7.80. The SMILES string of the molecule is CCNC(=NCC1CN(CC(C)C)CCO1)NCCN(C)C1CCCC1. The van der Waals surface area contributed by atoms with Crippen LogP contribution in [0, 0.1) is 5.92 Å². The van der Waals surface area contributed by atoms with E-state index in [9.17, 15) is 0 Å². The van der Waals surface area contributed by atoms with Gasteiger partial charge in [-0.2, -0.15) is 0 Å². The van der Waals surface area contributed by atoms with E-state index in [0.29, 0.717) is 5.92 Å². The van der Waals surface area contributed by atoms with Crippen LogP contribution >= 0.6 is 0 Å². The monoisotopic (exact) mass is 367 g/mol. The van der Waals surface area contributed by atoms with E-state index in [1.165, 1.54) is 25.7 Å². The minimum Gasteiger partial charge on any atom is -0.374 e. The maximum absolute atomic E-state index is 5.92. The molecule has 1 atom stereocenters. The molecule has 1 aliphatic carbocycles. The summed E-state index contributed by atoms with van der Waals surface area (Å²) >= 11 is 0. The minimum atomic E-state index is 0.208. The van der Waals surface area contributed by atoms with Crippen LogP contribution in [-0.4, -0.2) is 87.4 Å². The molecule has 0 radical (unpaired) electrons. The van der Waals surface area contributed by atoms with Crippen molar-refractivity contribution in [2.75, 3.05) is 59.5 Å². The number of hydrogen-bond acceptors (Lipinski definition) is 4. The van der Waals surface area contributed by atoms with Crippen LogP contribution in [0.5, 0.6) is 0 Å². The zero-order valence-electron chi connectivity index (χ0n) is 17.5. The summed E-state index contributed by atoms with van der Waals surface area (Å²) < 4.78 is 5.92. The van der Waals surface area contributed by atoms with Gasteiger partial charge >= 0.3 is 0 Å². The lowest BCUT2D eigenvalue weighted by molar-refractivity contribution is -0.0261. The van der Waals surface area contributed by atoms with Gasteiger partial charge in [0.15, 0.2) is 5.96 Å². The Balaban J connectivity index is 1.72. The van der Waals surface area contributed by atoms with Crippen LogP contribution in [0.4, 0.5) is 0 Å². The van der Waals surface area contributed by atoms with Gasteiger partial charge in [0.05, 0.1) is 19.3 Å². The van der Waals surface area contributed by atoms with Crippen molar-refractivity contribution in [3.8, 4) is 0 Å². The molecule has 2 rings (SSSR count). The maximum Gasteiger partial charge on any atom is 0.191 e. The van der Waals surface area contributed by atoms with Gasteiger partial charge in [-0.15, -0.1) is 0 Å². The van der Waals surface area contributed by atoms with Crippen molar-refractivity contribution < 1.29 is 4.74 Å². The fourth-order valence-corrected chi connectivity index (χ4v) is 3.99. The maximum atomic E-state index is 5.92. The summed E-state index contributed by atoms with van der Waals surface area (Å²) in [5.74, 6) is 1.62. The zero-order chi connectivity index (χ0) is 18.8. The summed E-state index contributed by atoms with van der Waals surface area (Å²) in [6.07, 6.45) is 5.70. The van der Waals surface area contributed by atoms with Gasteiger partial charge < -0.3 is 20.3 Å². The highest BCUT2D eigenvalue weighted by Crippen LogP contribution is 2.21. The Bertz CT molecular complexity index is 409. The topological polar surface area (TPSA) is 52.1 Å². The molecule has 1 aliphatic heterocycles. The molecule has 0 spiro atoms. The number of aliphatic imine (C=N–C) groups is 1. The normalized spacial score (nSPS) is 23.2. The van der Waals surface area contributed by atoms with Crippen molar-refractivity contribution in [3.63, 3.8) is 0 Å². The molecule has 0 aromatic carbocycles. The molecule has 0 aromatic heterocycles. The molecule has 1 heterocycles. The van der Waals surface area contributed by atoms with Gasteiger partial charge in [-0.25, -0.2) is 0 Å². The van der Waals surface area contributed by atoms with Gasteiger partial charge in [0.25, 0.3) is 0 Å². The summed E-state index contributed by atoms with van der Waals surface area (Å²) in [6, 6.07) is 0.777. The van der Waals surface area contributed by atoms with Crippen LogP contribution in [0.15, 0.2) is 4.99 Å². The summed E-state index contributed by atoms with van der Waals surface area (Å²) in [6.45, 7) is 14.3. The number of ether oxygens (including phenoxy) is 1. The van der Waals surface area contributed by atoms with Gasteiger partial charge in [0.1, 0.15) is 0 Å². The first-order valence-electron chi connectivity index (χ1n) is 10.6. The summed E-state index contributed by atoms with van der Waals surface area (Å²) in [5, 5.41) is 6.85. The molecule has 2 fully saturated rings. The van der Waals surface area contributed by atoms with Crippen molar-refractivity contribution in [2.45, 2.75) is 58.6 Å². The van der Waals surface area contributed by atoms with E-state index in [-0.39, 0.29) is 6.10 Å². The summed E-state index contributed by atoms with van der Waals surface area (Å²) in [4.78, 5) is 9.77. The standard InChI is InChI=1S/C20H41N5O/c1-5-21-20(22-10-11-24(4)18-8-6-7-9-18)23-14-19-16-25(12-13-26-19)15-17(2)3/h17-19H,5-16H2,1-4H3,(H2,21,22,23). The summed E-state index contributed by atoms with van der Waals surface area (Å²) in [7, 11) is 2.25. The Morgan fingerprint density at radius 1 is 1.27 bits per heavy atom. The lowest BCUT2D eigenvalue weighted by Crippen LogP contribution is -2.46. The van der Waals surface area contributed by atoms with E-state index in [1.54, 1.807) is 0 Å². The molecule has 1 unspecified atom stereocenters. The second kappa shape index (κ2) is 11.8. The number of morpholine rings is 1. The lowest BCUT2D eigenvalue weighted by Gasteiger charge is -2.33. The van der Waals surface area contributed by atoms with E-state index >= 15 is 0 Å². The number of hydrogen-bond donors (Lipinski definition) is 2. The van der Waals surface area contributed by atoms with Gasteiger partial charge in [-0.1, -0.05) is 26.7 Å². The Morgan fingerprint density at radius 2 is 2.04 bits per heavy atom. The van der Waals surface area contributed by atoms with Crippen LogP contribution in [0.25, 0.3) is 0 Å². The molecule has 0 aromatic rings.